The second-order valence-corrected chi connectivity index (χ2v) is 3.20. The van der Waals surface area contributed by atoms with E-state index in [1.54, 1.807) is 12.3 Å². The molecule has 0 unspecified atom stereocenters. The highest BCUT2D eigenvalue weighted by Gasteiger charge is 2.00. The number of nitrogens with two attached hydrogens (primary N) is 2. The molecular formula is C11H12N4. The fourth-order valence-corrected chi connectivity index (χ4v) is 1.26. The summed E-state index contributed by atoms with van der Waals surface area (Å²) in [7, 11) is 0. The van der Waals surface area contributed by atoms with E-state index in [1.165, 1.54) is 0 Å². The average molecular weight is 200 g/mol. The van der Waals surface area contributed by atoms with Gasteiger partial charge in [-0.1, -0.05) is 18.2 Å². The van der Waals surface area contributed by atoms with Gasteiger partial charge >= 0.3 is 0 Å². The number of nitrogens with zero attached hydrogens (tertiary/aromatic N) is 1. The summed E-state index contributed by atoms with van der Waals surface area (Å²) < 4.78 is 0. The van der Waals surface area contributed by atoms with Gasteiger partial charge in [-0.25, -0.2) is 4.98 Å². The molecule has 0 bridgehead atoms. The minimum atomic E-state index is 0.541. The van der Waals surface area contributed by atoms with Crippen LogP contribution in [-0.4, -0.2) is 4.98 Å². The molecule has 0 aliphatic heterocycles. The summed E-state index contributed by atoms with van der Waals surface area (Å²) in [6, 6.07) is 11.4. The normalized spacial score (nSPS) is 9.87. The Hall–Kier alpha value is -2.23. The molecule has 2 aromatic rings. The van der Waals surface area contributed by atoms with Crippen LogP contribution >= 0.6 is 0 Å². The zero-order chi connectivity index (χ0) is 10.7. The van der Waals surface area contributed by atoms with Crippen molar-refractivity contribution < 1.29 is 0 Å². The van der Waals surface area contributed by atoms with E-state index in [4.69, 9.17) is 11.5 Å². The van der Waals surface area contributed by atoms with Crippen LogP contribution in [0.2, 0.25) is 0 Å². The van der Waals surface area contributed by atoms with E-state index in [0.29, 0.717) is 17.2 Å². The van der Waals surface area contributed by atoms with Crippen LogP contribution in [0.5, 0.6) is 0 Å². The van der Waals surface area contributed by atoms with Gasteiger partial charge in [-0.05, 0) is 18.2 Å². The highest BCUT2D eigenvalue weighted by Crippen LogP contribution is 2.21. The summed E-state index contributed by atoms with van der Waals surface area (Å²) in [6.45, 7) is 0. The number of anilines is 4. The summed E-state index contributed by atoms with van der Waals surface area (Å²) in [4.78, 5) is 4.11. The molecule has 1 aromatic heterocycles. The smallest absolute Gasteiger partial charge is 0.153 e. The van der Waals surface area contributed by atoms with Crippen molar-refractivity contribution in [3.05, 3.63) is 42.6 Å². The number of nitrogens with one attached hydrogen (secondary N) is 1. The molecule has 4 nitrogen and oxygen atoms in total. The van der Waals surface area contributed by atoms with Crippen molar-refractivity contribution in [1.82, 2.24) is 4.98 Å². The van der Waals surface area contributed by atoms with E-state index in [-0.39, 0.29) is 0 Å². The predicted molar refractivity (Wildman–Crippen MR) is 62.8 cm³/mol. The van der Waals surface area contributed by atoms with Crippen LogP contribution in [0.15, 0.2) is 42.6 Å². The lowest BCUT2D eigenvalue weighted by molar-refractivity contribution is 1.31. The van der Waals surface area contributed by atoms with E-state index >= 15 is 0 Å². The van der Waals surface area contributed by atoms with Crippen molar-refractivity contribution in [3.8, 4) is 0 Å². The zero-order valence-corrected chi connectivity index (χ0v) is 8.14. The highest BCUT2D eigenvalue weighted by atomic mass is 15.0. The molecule has 0 amide bonds. The van der Waals surface area contributed by atoms with Gasteiger partial charge in [0.1, 0.15) is 0 Å². The lowest BCUT2D eigenvalue weighted by Gasteiger charge is -2.08. The van der Waals surface area contributed by atoms with Crippen LogP contribution in [-0.2, 0) is 0 Å². The summed E-state index contributed by atoms with van der Waals surface area (Å²) in [5.74, 6) is 0.621. The Kier molecular flexibility index (Phi) is 2.41. The van der Waals surface area contributed by atoms with Gasteiger partial charge in [0.2, 0.25) is 0 Å². The molecule has 0 aliphatic carbocycles. The maximum atomic E-state index is 5.76. The number of hydrogen-bond acceptors (Lipinski definition) is 4. The Bertz CT molecular complexity index is 453. The molecule has 0 saturated carbocycles. The molecule has 0 aliphatic rings. The summed E-state index contributed by atoms with van der Waals surface area (Å²) >= 11 is 0. The molecule has 1 aromatic carbocycles. The summed E-state index contributed by atoms with van der Waals surface area (Å²) in [5, 5.41) is 3.11. The van der Waals surface area contributed by atoms with Gasteiger partial charge in [0.05, 0.1) is 17.6 Å². The van der Waals surface area contributed by atoms with Gasteiger partial charge in [0, 0.05) is 5.69 Å². The molecule has 15 heavy (non-hydrogen) atoms. The van der Waals surface area contributed by atoms with Crippen molar-refractivity contribution >= 4 is 22.9 Å². The fraction of sp³-hybridized carbons (Fsp3) is 0. The Balaban J connectivity index is 2.25. The largest absolute Gasteiger partial charge is 0.397 e. The first-order chi connectivity index (χ1) is 7.25. The molecule has 1 heterocycles. The lowest BCUT2D eigenvalue weighted by atomic mass is 10.3. The second kappa shape index (κ2) is 3.88. The first-order valence-corrected chi connectivity index (χ1v) is 4.59. The number of rotatable bonds is 2. The average Bonchev–Trinajstić information content (AvgIpc) is 2.24. The third-order valence-electron chi connectivity index (χ3n) is 1.97. The number of benzene rings is 1. The number of pyridine rings is 1. The van der Waals surface area contributed by atoms with Crippen molar-refractivity contribution in [2.24, 2.45) is 0 Å². The molecule has 76 valence electrons. The topological polar surface area (TPSA) is 77.0 Å². The number of nitrogen functional groups attached to an aromatic ring is 2. The first kappa shape index (κ1) is 9.33. The molecular weight excluding hydrogens is 188 g/mol. The number of para-hydroxylation sites is 1. The summed E-state index contributed by atoms with van der Waals surface area (Å²) in [5.41, 5.74) is 13.4. The van der Waals surface area contributed by atoms with Crippen molar-refractivity contribution in [1.29, 1.82) is 0 Å². The highest BCUT2D eigenvalue weighted by molar-refractivity contribution is 5.71. The molecule has 5 N–H and O–H groups in total. The minimum Gasteiger partial charge on any atom is -0.397 e. The van der Waals surface area contributed by atoms with Crippen LogP contribution < -0.4 is 16.8 Å². The van der Waals surface area contributed by atoms with Gasteiger partial charge in [0.15, 0.2) is 5.82 Å². The van der Waals surface area contributed by atoms with Crippen molar-refractivity contribution in [3.63, 3.8) is 0 Å². The van der Waals surface area contributed by atoms with Crippen LogP contribution in [0.3, 0.4) is 0 Å². The third-order valence-corrected chi connectivity index (χ3v) is 1.97. The molecule has 2 rings (SSSR count). The summed E-state index contributed by atoms with van der Waals surface area (Å²) in [6.07, 6.45) is 1.57. The van der Waals surface area contributed by atoms with Crippen molar-refractivity contribution in [2.45, 2.75) is 0 Å². The van der Waals surface area contributed by atoms with E-state index in [9.17, 15) is 0 Å². The molecule has 0 fully saturated rings. The monoisotopic (exact) mass is 200 g/mol. The Morgan fingerprint density at radius 1 is 1.07 bits per heavy atom. The first-order valence-electron chi connectivity index (χ1n) is 4.59. The Morgan fingerprint density at radius 3 is 2.47 bits per heavy atom. The Morgan fingerprint density at radius 2 is 1.80 bits per heavy atom. The molecule has 0 saturated heterocycles. The van der Waals surface area contributed by atoms with Gasteiger partial charge in [-0.15, -0.1) is 0 Å². The van der Waals surface area contributed by atoms with Gasteiger partial charge < -0.3 is 16.8 Å². The van der Waals surface area contributed by atoms with E-state index in [0.717, 1.165) is 5.69 Å². The van der Waals surface area contributed by atoms with Crippen LogP contribution in [0.4, 0.5) is 22.9 Å². The lowest BCUT2D eigenvalue weighted by Crippen LogP contribution is -2.00. The zero-order valence-electron chi connectivity index (χ0n) is 8.14. The molecule has 0 atom stereocenters. The van der Waals surface area contributed by atoms with E-state index in [1.807, 2.05) is 30.3 Å². The molecule has 0 spiro atoms. The minimum absolute atomic E-state index is 0.541. The second-order valence-electron chi connectivity index (χ2n) is 3.20. The maximum Gasteiger partial charge on any atom is 0.153 e. The van der Waals surface area contributed by atoms with E-state index in [2.05, 4.69) is 10.3 Å². The SMILES string of the molecule is Nc1cnc(Nc2ccccc2)c(N)c1. The van der Waals surface area contributed by atoms with Crippen molar-refractivity contribution in [2.75, 3.05) is 16.8 Å². The standard InChI is InChI=1S/C11H12N4/c12-8-6-10(13)11(14-7-8)15-9-4-2-1-3-5-9/h1-7H,12-13H2,(H,14,15). The van der Waals surface area contributed by atoms with E-state index < -0.39 is 0 Å². The Labute approximate surface area is 87.9 Å². The van der Waals surface area contributed by atoms with Crippen LogP contribution in [0, 0.1) is 0 Å². The van der Waals surface area contributed by atoms with Gasteiger partial charge in [-0.2, -0.15) is 0 Å². The maximum absolute atomic E-state index is 5.76. The quantitative estimate of drug-likeness (QED) is 0.692. The molecule has 0 radical (unpaired) electrons. The third kappa shape index (κ3) is 2.17. The van der Waals surface area contributed by atoms with Gasteiger partial charge in [-0.3, -0.25) is 0 Å². The fourth-order valence-electron chi connectivity index (χ4n) is 1.26. The molecule has 4 heteroatoms. The number of hydrogen-bond donors (Lipinski definition) is 3. The van der Waals surface area contributed by atoms with Gasteiger partial charge in [0.25, 0.3) is 0 Å². The number of aromatic nitrogens is 1. The predicted octanol–water partition coefficient (Wildman–Crippen LogP) is 1.99. The van der Waals surface area contributed by atoms with Crippen LogP contribution in [0.1, 0.15) is 0 Å². The van der Waals surface area contributed by atoms with Crippen LogP contribution in [0.25, 0.3) is 0 Å².